The van der Waals surface area contributed by atoms with E-state index in [-0.39, 0.29) is 0 Å². The van der Waals surface area contributed by atoms with Gasteiger partial charge in [0.05, 0.1) is 0 Å². The first-order chi connectivity index (χ1) is 9.01. The fourth-order valence-corrected chi connectivity index (χ4v) is 2.91. The van der Waals surface area contributed by atoms with Gasteiger partial charge in [-0.25, -0.2) is 0 Å². The van der Waals surface area contributed by atoms with E-state index in [1.807, 2.05) is 5.48 Å². The van der Waals surface area contributed by atoms with E-state index < -0.39 is 5.50 Å². The first-order valence-electron chi connectivity index (χ1n) is 6.48. The molecule has 19 heavy (non-hydrogen) atoms. The average molecular weight is 300 g/mol. The molecule has 0 bridgehead atoms. The largest absolute Gasteiger partial charge is 0.315 e. The van der Waals surface area contributed by atoms with Crippen molar-refractivity contribution in [2.24, 2.45) is 5.92 Å². The number of hydrogen-bond acceptors (Lipinski definition) is 3. The highest BCUT2D eigenvalue weighted by Crippen LogP contribution is 2.21. The van der Waals surface area contributed by atoms with Crippen molar-refractivity contribution in [3.8, 4) is 0 Å². The number of thiophene rings is 1. The molecular formula is C15H22ClNOS. The zero-order valence-electron chi connectivity index (χ0n) is 11.5. The normalized spacial score (nSPS) is 13.3. The highest BCUT2D eigenvalue weighted by molar-refractivity contribution is 7.12. The zero-order valence-corrected chi connectivity index (χ0v) is 13.1. The van der Waals surface area contributed by atoms with E-state index in [1.54, 1.807) is 11.3 Å². The van der Waals surface area contributed by atoms with Crippen LogP contribution in [0.1, 0.15) is 30.0 Å². The molecule has 1 atom stereocenters. The van der Waals surface area contributed by atoms with Gasteiger partial charge < -0.3 is 5.21 Å². The van der Waals surface area contributed by atoms with Crippen molar-refractivity contribution in [3.05, 3.63) is 46.2 Å². The Hall–Kier alpha value is -0.610. The molecule has 1 unspecified atom stereocenters. The van der Waals surface area contributed by atoms with E-state index in [4.69, 9.17) is 16.8 Å². The molecule has 0 saturated carbocycles. The van der Waals surface area contributed by atoms with Crippen molar-refractivity contribution in [2.75, 3.05) is 0 Å². The van der Waals surface area contributed by atoms with Gasteiger partial charge in [0.15, 0.2) is 0 Å². The lowest BCUT2D eigenvalue weighted by Gasteiger charge is -2.03. The number of aryl methyl sites for hydroxylation is 1. The number of halogens is 1. The first kappa shape index (κ1) is 16.4. The molecule has 0 aliphatic carbocycles. The minimum absolute atomic E-state index is 0.421. The molecule has 0 aliphatic rings. The van der Waals surface area contributed by atoms with Crippen molar-refractivity contribution in [3.63, 3.8) is 0 Å². The minimum Gasteiger partial charge on any atom is -0.315 e. The molecule has 0 aromatic carbocycles. The van der Waals surface area contributed by atoms with Gasteiger partial charge in [-0.15, -0.1) is 22.9 Å². The Balaban J connectivity index is 2.40. The van der Waals surface area contributed by atoms with E-state index >= 15 is 0 Å². The molecule has 0 fully saturated rings. The molecule has 0 aliphatic heterocycles. The molecule has 2 nitrogen and oxygen atoms in total. The number of nitrogens with one attached hydrogen (secondary N) is 1. The zero-order chi connectivity index (χ0) is 14.3. The third kappa shape index (κ3) is 6.92. The summed E-state index contributed by atoms with van der Waals surface area (Å²) < 4.78 is 0. The molecule has 1 heterocycles. The van der Waals surface area contributed by atoms with Crippen molar-refractivity contribution >= 4 is 22.9 Å². The third-order valence-electron chi connectivity index (χ3n) is 2.65. The maximum atomic E-state index is 8.69. The van der Waals surface area contributed by atoms with Crippen LogP contribution in [0.25, 0.3) is 0 Å². The van der Waals surface area contributed by atoms with Crippen LogP contribution in [0.5, 0.6) is 0 Å². The molecule has 0 saturated heterocycles. The summed E-state index contributed by atoms with van der Waals surface area (Å²) in [6.07, 6.45) is 6.91. The summed E-state index contributed by atoms with van der Waals surface area (Å²) in [7, 11) is 0. The van der Waals surface area contributed by atoms with Crippen molar-refractivity contribution < 1.29 is 5.21 Å². The van der Waals surface area contributed by atoms with Gasteiger partial charge >= 0.3 is 0 Å². The van der Waals surface area contributed by atoms with Gasteiger partial charge in [-0.3, -0.25) is 0 Å². The van der Waals surface area contributed by atoms with Crippen LogP contribution >= 0.6 is 22.9 Å². The van der Waals surface area contributed by atoms with Crippen molar-refractivity contribution in [2.45, 2.75) is 38.6 Å². The summed E-state index contributed by atoms with van der Waals surface area (Å²) in [6.45, 7) is 8.38. The molecule has 0 amide bonds. The van der Waals surface area contributed by atoms with Gasteiger partial charge in [-0.05, 0) is 30.9 Å². The van der Waals surface area contributed by atoms with E-state index in [9.17, 15) is 0 Å². The minimum atomic E-state index is -0.421. The van der Waals surface area contributed by atoms with E-state index in [0.717, 1.165) is 18.4 Å². The van der Waals surface area contributed by atoms with Crippen LogP contribution in [-0.4, -0.2) is 10.7 Å². The van der Waals surface area contributed by atoms with Crippen LogP contribution in [0.15, 0.2) is 36.4 Å². The van der Waals surface area contributed by atoms with Crippen LogP contribution < -0.4 is 5.48 Å². The Kier molecular flexibility index (Phi) is 7.39. The molecule has 0 radical (unpaired) electrons. The van der Waals surface area contributed by atoms with E-state index in [2.05, 4.69) is 44.7 Å². The molecule has 4 heteroatoms. The van der Waals surface area contributed by atoms with Crippen LogP contribution in [0, 0.1) is 5.92 Å². The standard InChI is InChI=1S/C15H22ClNOS/c1-11(2)4-5-12(3)6-7-13-8-9-14(19-13)10-15(16)17-18/h4-5,8-9,11,15,17-18H,3,6-7,10H2,1-2H3/b5-4-. The Morgan fingerprint density at radius 2 is 2.16 bits per heavy atom. The molecule has 1 aromatic heterocycles. The maximum Gasteiger partial charge on any atom is 0.110 e. The topological polar surface area (TPSA) is 32.3 Å². The fraction of sp³-hybridized carbons (Fsp3) is 0.467. The lowest BCUT2D eigenvalue weighted by molar-refractivity contribution is 0.154. The quantitative estimate of drug-likeness (QED) is 0.320. The summed E-state index contributed by atoms with van der Waals surface area (Å²) >= 11 is 7.57. The number of hydrogen-bond donors (Lipinski definition) is 2. The molecule has 1 rings (SSSR count). The van der Waals surface area contributed by atoms with Gasteiger partial charge in [-0.1, -0.05) is 38.2 Å². The Morgan fingerprint density at radius 1 is 1.47 bits per heavy atom. The monoisotopic (exact) mass is 299 g/mol. The molecular weight excluding hydrogens is 278 g/mol. The van der Waals surface area contributed by atoms with Crippen molar-refractivity contribution in [1.29, 1.82) is 0 Å². The second kappa shape index (κ2) is 8.54. The van der Waals surface area contributed by atoms with Crippen LogP contribution in [0.4, 0.5) is 0 Å². The first-order valence-corrected chi connectivity index (χ1v) is 7.73. The number of allylic oxidation sites excluding steroid dienone is 3. The van der Waals surface area contributed by atoms with Gasteiger partial charge in [0.25, 0.3) is 0 Å². The third-order valence-corrected chi connectivity index (χ3v) is 4.07. The SMILES string of the molecule is C=C(/C=C\C(C)C)CCc1ccc(CC(Cl)NO)s1. The highest BCUT2D eigenvalue weighted by atomic mass is 35.5. The summed E-state index contributed by atoms with van der Waals surface area (Å²) in [5, 5.41) is 8.69. The predicted octanol–water partition coefficient (Wildman–Crippen LogP) is 4.54. The van der Waals surface area contributed by atoms with Crippen LogP contribution in [-0.2, 0) is 12.8 Å². The summed E-state index contributed by atoms with van der Waals surface area (Å²) in [5.74, 6) is 0.566. The fourth-order valence-electron chi connectivity index (χ4n) is 1.58. The molecule has 2 N–H and O–H groups in total. The lowest BCUT2D eigenvalue weighted by Crippen LogP contribution is -2.20. The summed E-state index contributed by atoms with van der Waals surface area (Å²) in [6, 6.07) is 4.19. The predicted molar refractivity (Wildman–Crippen MR) is 84.0 cm³/mol. The number of alkyl halides is 1. The van der Waals surface area contributed by atoms with Gasteiger partial charge in [0, 0.05) is 16.2 Å². The van der Waals surface area contributed by atoms with Crippen molar-refractivity contribution in [1.82, 2.24) is 5.48 Å². The smallest absolute Gasteiger partial charge is 0.110 e. The van der Waals surface area contributed by atoms with Crippen LogP contribution in [0.2, 0.25) is 0 Å². The number of hydroxylamine groups is 1. The Bertz CT molecular complexity index is 426. The highest BCUT2D eigenvalue weighted by Gasteiger charge is 2.06. The van der Waals surface area contributed by atoms with Gasteiger partial charge in [0.2, 0.25) is 0 Å². The molecule has 106 valence electrons. The second-order valence-corrected chi connectivity index (χ2v) is 6.71. The Morgan fingerprint density at radius 3 is 2.79 bits per heavy atom. The summed E-state index contributed by atoms with van der Waals surface area (Å²) in [4.78, 5) is 2.51. The molecule has 0 spiro atoms. The lowest BCUT2D eigenvalue weighted by atomic mass is 10.1. The average Bonchev–Trinajstić information content (AvgIpc) is 2.81. The Labute approximate surface area is 124 Å². The van der Waals surface area contributed by atoms with Gasteiger partial charge in [0.1, 0.15) is 5.50 Å². The second-order valence-electron chi connectivity index (χ2n) is 4.93. The number of rotatable bonds is 8. The van der Waals surface area contributed by atoms with Gasteiger partial charge in [-0.2, -0.15) is 5.48 Å². The molecule has 1 aromatic rings. The summed E-state index contributed by atoms with van der Waals surface area (Å²) in [5.41, 5.74) is 2.79. The van der Waals surface area contributed by atoms with E-state index in [1.165, 1.54) is 9.75 Å². The van der Waals surface area contributed by atoms with E-state index in [0.29, 0.717) is 12.3 Å². The van der Waals surface area contributed by atoms with Crippen LogP contribution in [0.3, 0.4) is 0 Å². The maximum absolute atomic E-state index is 8.69.